The van der Waals surface area contributed by atoms with Crippen LogP contribution < -0.4 is 5.32 Å². The second kappa shape index (κ2) is 4.55. The van der Waals surface area contributed by atoms with Gasteiger partial charge in [0, 0.05) is 12.4 Å². The smallest absolute Gasteiger partial charge is 0.0573 e. The van der Waals surface area contributed by atoms with Crippen LogP contribution in [0.1, 0.15) is 12.5 Å². The Bertz CT molecular complexity index is 426. The third kappa shape index (κ3) is 2.53. The van der Waals surface area contributed by atoms with E-state index in [0.29, 0.717) is 0 Å². The van der Waals surface area contributed by atoms with E-state index in [1.807, 2.05) is 24.5 Å². The van der Waals surface area contributed by atoms with Crippen LogP contribution in [-0.2, 0) is 6.42 Å². The van der Waals surface area contributed by atoms with E-state index in [9.17, 15) is 0 Å². The van der Waals surface area contributed by atoms with Crippen LogP contribution in [0.3, 0.4) is 0 Å². The first kappa shape index (κ1) is 9.65. The SMILES string of the molecule is CCc1cncc(Nc2cccnc2)c1. The molecular weight excluding hydrogens is 186 g/mol. The van der Waals surface area contributed by atoms with Gasteiger partial charge in [-0.05, 0) is 30.2 Å². The van der Waals surface area contributed by atoms with Crippen molar-refractivity contribution in [2.24, 2.45) is 0 Å². The summed E-state index contributed by atoms with van der Waals surface area (Å²) in [7, 11) is 0. The second-order valence-corrected chi connectivity index (χ2v) is 3.30. The van der Waals surface area contributed by atoms with Crippen molar-refractivity contribution in [2.75, 3.05) is 5.32 Å². The molecule has 0 amide bonds. The highest BCUT2D eigenvalue weighted by molar-refractivity contribution is 5.57. The molecule has 2 heterocycles. The molecule has 76 valence electrons. The maximum absolute atomic E-state index is 4.17. The standard InChI is InChI=1S/C12H13N3/c1-2-10-6-12(9-14-7-10)15-11-4-3-5-13-8-11/h3-9,15H,2H2,1H3. The lowest BCUT2D eigenvalue weighted by atomic mass is 10.2. The van der Waals surface area contributed by atoms with Crippen LogP contribution in [0.2, 0.25) is 0 Å². The normalized spacial score (nSPS) is 9.93. The molecule has 2 aromatic rings. The monoisotopic (exact) mass is 199 g/mol. The van der Waals surface area contributed by atoms with E-state index in [1.54, 1.807) is 12.4 Å². The van der Waals surface area contributed by atoms with Crippen molar-refractivity contribution >= 4 is 11.4 Å². The fraction of sp³-hybridized carbons (Fsp3) is 0.167. The van der Waals surface area contributed by atoms with Crippen molar-refractivity contribution in [1.29, 1.82) is 0 Å². The molecule has 0 spiro atoms. The van der Waals surface area contributed by atoms with Crippen LogP contribution in [0.15, 0.2) is 43.0 Å². The van der Waals surface area contributed by atoms with Gasteiger partial charge in [0.1, 0.15) is 0 Å². The summed E-state index contributed by atoms with van der Waals surface area (Å²) in [4.78, 5) is 8.21. The predicted octanol–water partition coefficient (Wildman–Crippen LogP) is 2.78. The van der Waals surface area contributed by atoms with Gasteiger partial charge in [0.25, 0.3) is 0 Å². The van der Waals surface area contributed by atoms with Crippen molar-refractivity contribution < 1.29 is 0 Å². The first-order valence-electron chi connectivity index (χ1n) is 4.99. The van der Waals surface area contributed by atoms with Crippen LogP contribution >= 0.6 is 0 Å². The molecule has 0 unspecified atom stereocenters. The molecule has 0 aliphatic rings. The van der Waals surface area contributed by atoms with E-state index >= 15 is 0 Å². The number of nitrogens with zero attached hydrogens (tertiary/aromatic N) is 2. The average molecular weight is 199 g/mol. The molecule has 2 rings (SSSR count). The Morgan fingerprint density at radius 1 is 1.13 bits per heavy atom. The van der Waals surface area contributed by atoms with Crippen LogP contribution in [-0.4, -0.2) is 9.97 Å². The van der Waals surface area contributed by atoms with Gasteiger partial charge in [-0.2, -0.15) is 0 Å². The van der Waals surface area contributed by atoms with E-state index in [4.69, 9.17) is 0 Å². The van der Waals surface area contributed by atoms with Gasteiger partial charge >= 0.3 is 0 Å². The zero-order valence-corrected chi connectivity index (χ0v) is 8.64. The number of aryl methyl sites for hydroxylation is 1. The topological polar surface area (TPSA) is 37.8 Å². The molecule has 3 heteroatoms. The molecule has 0 bridgehead atoms. The highest BCUT2D eigenvalue weighted by Crippen LogP contribution is 2.15. The van der Waals surface area contributed by atoms with Crippen molar-refractivity contribution in [3.05, 3.63) is 48.5 Å². The van der Waals surface area contributed by atoms with Gasteiger partial charge in [-0.3, -0.25) is 9.97 Å². The molecule has 3 nitrogen and oxygen atoms in total. The second-order valence-electron chi connectivity index (χ2n) is 3.30. The molecule has 0 saturated carbocycles. The summed E-state index contributed by atoms with van der Waals surface area (Å²) in [6.45, 7) is 2.12. The van der Waals surface area contributed by atoms with Crippen LogP contribution in [0.25, 0.3) is 0 Å². The minimum atomic E-state index is 0.979. The van der Waals surface area contributed by atoms with Gasteiger partial charge in [-0.25, -0.2) is 0 Å². The Balaban J connectivity index is 2.17. The van der Waals surface area contributed by atoms with E-state index in [1.165, 1.54) is 5.56 Å². The van der Waals surface area contributed by atoms with E-state index in [0.717, 1.165) is 17.8 Å². The summed E-state index contributed by atoms with van der Waals surface area (Å²) in [6.07, 6.45) is 8.24. The largest absolute Gasteiger partial charge is 0.353 e. The maximum atomic E-state index is 4.17. The highest BCUT2D eigenvalue weighted by atomic mass is 14.9. The lowest BCUT2D eigenvalue weighted by molar-refractivity contribution is 1.10. The molecule has 0 aromatic carbocycles. The van der Waals surface area contributed by atoms with Gasteiger partial charge in [0.05, 0.1) is 23.8 Å². The van der Waals surface area contributed by atoms with Crippen LogP contribution in [0, 0.1) is 0 Å². The van der Waals surface area contributed by atoms with E-state index < -0.39 is 0 Å². The van der Waals surface area contributed by atoms with Gasteiger partial charge in [0.15, 0.2) is 0 Å². The summed E-state index contributed by atoms with van der Waals surface area (Å²) in [6, 6.07) is 5.98. The zero-order valence-electron chi connectivity index (χ0n) is 8.64. The summed E-state index contributed by atoms with van der Waals surface area (Å²) in [5.41, 5.74) is 3.21. The molecule has 1 N–H and O–H groups in total. The number of rotatable bonds is 3. The minimum Gasteiger partial charge on any atom is -0.353 e. The Hall–Kier alpha value is -1.90. The predicted molar refractivity (Wildman–Crippen MR) is 61.1 cm³/mol. The number of aromatic nitrogens is 2. The highest BCUT2D eigenvalue weighted by Gasteiger charge is 1.95. The first-order valence-corrected chi connectivity index (χ1v) is 4.99. The Kier molecular flexibility index (Phi) is 2.93. The summed E-state index contributed by atoms with van der Waals surface area (Å²) in [5.74, 6) is 0. The van der Waals surface area contributed by atoms with Crippen molar-refractivity contribution in [3.63, 3.8) is 0 Å². The lowest BCUT2D eigenvalue weighted by Crippen LogP contribution is -1.93. The fourth-order valence-electron chi connectivity index (χ4n) is 1.35. The Morgan fingerprint density at radius 3 is 2.73 bits per heavy atom. The Morgan fingerprint density at radius 2 is 2.00 bits per heavy atom. The number of pyridine rings is 2. The number of nitrogens with one attached hydrogen (secondary N) is 1. The number of hydrogen-bond acceptors (Lipinski definition) is 3. The van der Waals surface area contributed by atoms with Crippen LogP contribution in [0.4, 0.5) is 11.4 Å². The Labute approximate surface area is 89.2 Å². The third-order valence-corrected chi connectivity index (χ3v) is 2.15. The molecule has 0 radical (unpaired) electrons. The molecule has 15 heavy (non-hydrogen) atoms. The van der Waals surface area contributed by atoms with E-state index in [-0.39, 0.29) is 0 Å². The number of anilines is 2. The van der Waals surface area contributed by atoms with E-state index in [2.05, 4.69) is 28.3 Å². The summed E-state index contributed by atoms with van der Waals surface area (Å²) < 4.78 is 0. The van der Waals surface area contributed by atoms with Gasteiger partial charge in [-0.15, -0.1) is 0 Å². The third-order valence-electron chi connectivity index (χ3n) is 2.15. The molecule has 0 aliphatic heterocycles. The first-order chi connectivity index (χ1) is 7.38. The minimum absolute atomic E-state index is 0.979. The van der Waals surface area contributed by atoms with Gasteiger partial charge in [0.2, 0.25) is 0 Å². The van der Waals surface area contributed by atoms with Gasteiger partial charge in [-0.1, -0.05) is 6.92 Å². The molecule has 0 fully saturated rings. The van der Waals surface area contributed by atoms with Crippen LogP contribution in [0.5, 0.6) is 0 Å². The quantitative estimate of drug-likeness (QED) is 0.826. The van der Waals surface area contributed by atoms with Crippen molar-refractivity contribution in [3.8, 4) is 0 Å². The fourth-order valence-corrected chi connectivity index (χ4v) is 1.35. The summed E-state index contributed by atoms with van der Waals surface area (Å²) in [5, 5.41) is 3.25. The molecule has 0 saturated heterocycles. The molecule has 2 aromatic heterocycles. The lowest BCUT2D eigenvalue weighted by Gasteiger charge is -2.06. The molecule has 0 aliphatic carbocycles. The van der Waals surface area contributed by atoms with Gasteiger partial charge < -0.3 is 5.32 Å². The summed E-state index contributed by atoms with van der Waals surface area (Å²) >= 11 is 0. The number of hydrogen-bond donors (Lipinski definition) is 1. The van der Waals surface area contributed by atoms with Crippen molar-refractivity contribution in [2.45, 2.75) is 13.3 Å². The molecular formula is C12H13N3. The maximum Gasteiger partial charge on any atom is 0.0573 e. The molecule has 0 atom stereocenters. The average Bonchev–Trinajstić information content (AvgIpc) is 2.31. The zero-order chi connectivity index (χ0) is 10.5. The van der Waals surface area contributed by atoms with Crippen molar-refractivity contribution in [1.82, 2.24) is 9.97 Å².